The molecule has 1 N–H and O–H groups in total. The zero-order valence-corrected chi connectivity index (χ0v) is 15.4. The third kappa shape index (κ3) is 3.95. The van der Waals surface area contributed by atoms with Gasteiger partial charge in [0.05, 0.1) is 23.3 Å². The molecule has 0 saturated heterocycles. The number of aryl methyl sites for hydroxylation is 1. The van der Waals surface area contributed by atoms with Crippen LogP contribution < -0.4 is 4.74 Å². The summed E-state index contributed by atoms with van der Waals surface area (Å²) in [7, 11) is 0. The predicted octanol–water partition coefficient (Wildman–Crippen LogP) is 4.27. The third-order valence-electron chi connectivity index (χ3n) is 3.53. The summed E-state index contributed by atoms with van der Waals surface area (Å²) in [5.41, 5.74) is 5.20. The van der Waals surface area contributed by atoms with Gasteiger partial charge < -0.3 is 14.5 Å². The van der Waals surface area contributed by atoms with Crippen molar-refractivity contribution in [3.05, 3.63) is 47.3 Å². The number of aromatic nitrogens is 3. The summed E-state index contributed by atoms with van der Waals surface area (Å²) in [4.78, 5) is 12.4. The summed E-state index contributed by atoms with van der Waals surface area (Å²) >= 11 is 1.65. The second kappa shape index (κ2) is 8.07. The van der Waals surface area contributed by atoms with Crippen LogP contribution in [0.15, 0.2) is 35.6 Å². The molecule has 128 valence electrons. The lowest BCUT2D eigenvalue weighted by Crippen LogP contribution is -2.10. The van der Waals surface area contributed by atoms with Crippen molar-refractivity contribution in [1.82, 2.24) is 15.0 Å². The van der Waals surface area contributed by atoms with E-state index in [9.17, 15) is 0 Å². The number of hydrogen-bond donors (Lipinski definition) is 1. The lowest BCUT2D eigenvalue weighted by atomic mass is 10.2. The van der Waals surface area contributed by atoms with Gasteiger partial charge in [-0.25, -0.2) is 4.98 Å². The maximum Gasteiger partial charge on any atom is 0.189 e. The number of H-pyrrole nitrogens is 1. The van der Waals surface area contributed by atoms with Crippen LogP contribution in [0.4, 0.5) is 0 Å². The average molecular weight is 386 g/mol. The van der Waals surface area contributed by atoms with E-state index in [1.807, 2.05) is 25.3 Å². The fraction of sp³-hybridized carbons (Fsp3) is 0.250. The minimum atomic E-state index is 0. The molecule has 0 aliphatic carbocycles. The van der Waals surface area contributed by atoms with Gasteiger partial charge in [0.15, 0.2) is 11.9 Å². The van der Waals surface area contributed by atoms with Crippen molar-refractivity contribution in [2.75, 3.05) is 6.79 Å². The van der Waals surface area contributed by atoms with E-state index < -0.39 is 0 Å². The lowest BCUT2D eigenvalue weighted by molar-refractivity contribution is -0.0161. The third-order valence-corrected chi connectivity index (χ3v) is 4.43. The van der Waals surface area contributed by atoms with Crippen molar-refractivity contribution < 1.29 is 9.47 Å². The summed E-state index contributed by atoms with van der Waals surface area (Å²) < 4.78 is 10.8. The summed E-state index contributed by atoms with van der Waals surface area (Å²) in [5, 5.41) is 0.889. The van der Waals surface area contributed by atoms with Crippen molar-refractivity contribution in [2.45, 2.75) is 24.4 Å². The molecule has 8 heteroatoms. The summed E-state index contributed by atoms with van der Waals surface area (Å²) in [6.07, 6.45) is 1.89. The van der Waals surface area contributed by atoms with Crippen LogP contribution in [0, 0.1) is 6.92 Å². The van der Waals surface area contributed by atoms with E-state index in [2.05, 4.69) is 27.1 Å². The number of imidazole rings is 1. The van der Waals surface area contributed by atoms with E-state index in [1.165, 1.54) is 5.56 Å². The number of halogens is 2. The predicted molar refractivity (Wildman–Crippen MR) is 99.4 cm³/mol. The van der Waals surface area contributed by atoms with Gasteiger partial charge in [-0.05, 0) is 24.6 Å². The summed E-state index contributed by atoms with van der Waals surface area (Å²) in [6.45, 7) is 2.93. The van der Waals surface area contributed by atoms with Crippen molar-refractivity contribution in [1.29, 1.82) is 0 Å². The fourth-order valence-electron chi connectivity index (χ4n) is 2.36. The first-order valence-corrected chi connectivity index (χ1v) is 8.04. The molecule has 0 radical (unpaired) electrons. The molecule has 0 saturated carbocycles. The van der Waals surface area contributed by atoms with Crippen LogP contribution in [0.1, 0.15) is 16.8 Å². The molecule has 24 heavy (non-hydrogen) atoms. The number of benzene rings is 1. The Morgan fingerprint density at radius 1 is 1.25 bits per heavy atom. The standard InChI is InChI=1S/C16H15N3O2S.2ClH/c1-10-2-3-12(17-6-10)8-22-16-18-13-4-11-7-20-9-21-15(11)5-14(13)19-16;;/h2-6H,7-9H2,1H3,(H,18,19);2*1H. The van der Waals surface area contributed by atoms with Crippen LogP contribution in [0.5, 0.6) is 5.75 Å². The summed E-state index contributed by atoms with van der Waals surface area (Å²) in [6, 6.07) is 8.14. The molecule has 3 aromatic rings. The molecule has 5 nitrogen and oxygen atoms in total. The number of pyridine rings is 1. The van der Waals surface area contributed by atoms with E-state index in [-0.39, 0.29) is 24.8 Å². The van der Waals surface area contributed by atoms with Gasteiger partial charge in [-0.2, -0.15) is 0 Å². The zero-order valence-electron chi connectivity index (χ0n) is 12.9. The number of rotatable bonds is 3. The first-order chi connectivity index (χ1) is 10.8. The van der Waals surface area contributed by atoms with Crippen LogP contribution in [-0.2, 0) is 17.1 Å². The minimum absolute atomic E-state index is 0. The monoisotopic (exact) mass is 385 g/mol. The Hall–Kier alpha value is -1.47. The highest BCUT2D eigenvalue weighted by Crippen LogP contribution is 2.30. The topological polar surface area (TPSA) is 60.0 Å². The molecule has 4 rings (SSSR count). The van der Waals surface area contributed by atoms with E-state index >= 15 is 0 Å². The normalized spacial score (nSPS) is 12.7. The van der Waals surface area contributed by atoms with Gasteiger partial charge in [-0.15, -0.1) is 24.8 Å². The molecule has 0 spiro atoms. The minimum Gasteiger partial charge on any atom is -0.467 e. The quantitative estimate of drug-likeness (QED) is 0.682. The van der Waals surface area contributed by atoms with Crippen molar-refractivity contribution >= 4 is 47.6 Å². The molecular weight excluding hydrogens is 369 g/mol. The lowest BCUT2D eigenvalue weighted by Gasteiger charge is -2.16. The van der Waals surface area contributed by atoms with Crippen molar-refractivity contribution in [2.24, 2.45) is 0 Å². The SMILES string of the molecule is Cc1ccc(CSc2nc3cc4c(cc3[nH]2)COCO4)nc1.Cl.Cl. The van der Waals surface area contributed by atoms with Crippen LogP contribution in [-0.4, -0.2) is 21.7 Å². The average Bonchev–Trinajstić information content (AvgIpc) is 2.93. The Balaban J connectivity index is 0.00000104. The molecule has 0 bridgehead atoms. The molecule has 1 aromatic carbocycles. The van der Waals surface area contributed by atoms with Crippen LogP contribution in [0.3, 0.4) is 0 Å². The van der Waals surface area contributed by atoms with Gasteiger partial charge >= 0.3 is 0 Å². The Morgan fingerprint density at radius 2 is 2.12 bits per heavy atom. The van der Waals surface area contributed by atoms with Gasteiger partial charge in [0.1, 0.15) is 5.75 Å². The number of nitrogens with zero attached hydrogens (tertiary/aromatic N) is 2. The van der Waals surface area contributed by atoms with E-state index in [0.717, 1.165) is 38.9 Å². The molecule has 0 atom stereocenters. The summed E-state index contributed by atoms with van der Waals surface area (Å²) in [5.74, 6) is 1.65. The van der Waals surface area contributed by atoms with Gasteiger partial charge in [-0.3, -0.25) is 4.98 Å². The van der Waals surface area contributed by atoms with Gasteiger partial charge in [0.25, 0.3) is 0 Å². The number of nitrogens with one attached hydrogen (secondary N) is 1. The molecule has 1 aliphatic rings. The highest BCUT2D eigenvalue weighted by atomic mass is 35.5. The van der Waals surface area contributed by atoms with E-state index in [1.54, 1.807) is 11.8 Å². The molecule has 0 fully saturated rings. The Labute approximate surface area is 156 Å². The Bertz CT molecular complexity index is 781. The van der Waals surface area contributed by atoms with Gasteiger partial charge in [0, 0.05) is 23.6 Å². The molecule has 1 aliphatic heterocycles. The maximum absolute atomic E-state index is 5.49. The van der Waals surface area contributed by atoms with Crippen molar-refractivity contribution in [3.8, 4) is 5.75 Å². The molecule has 2 aromatic heterocycles. The van der Waals surface area contributed by atoms with Crippen molar-refractivity contribution in [3.63, 3.8) is 0 Å². The first kappa shape index (κ1) is 18.9. The molecule has 0 amide bonds. The second-order valence-corrected chi connectivity index (χ2v) is 6.21. The maximum atomic E-state index is 5.49. The van der Waals surface area contributed by atoms with E-state index in [4.69, 9.17) is 9.47 Å². The van der Waals surface area contributed by atoms with Crippen LogP contribution in [0.2, 0.25) is 0 Å². The van der Waals surface area contributed by atoms with Crippen LogP contribution >= 0.6 is 36.6 Å². The number of fused-ring (bicyclic) bond motifs is 2. The van der Waals surface area contributed by atoms with E-state index in [0.29, 0.717) is 13.4 Å². The first-order valence-electron chi connectivity index (χ1n) is 7.05. The molecular formula is C16H17Cl2N3O2S. The smallest absolute Gasteiger partial charge is 0.189 e. The largest absolute Gasteiger partial charge is 0.467 e. The zero-order chi connectivity index (χ0) is 14.9. The number of ether oxygens (including phenoxy) is 2. The van der Waals surface area contributed by atoms with Gasteiger partial charge in [-0.1, -0.05) is 17.8 Å². The second-order valence-electron chi connectivity index (χ2n) is 5.25. The highest BCUT2D eigenvalue weighted by molar-refractivity contribution is 7.98. The van der Waals surface area contributed by atoms with Crippen LogP contribution in [0.25, 0.3) is 11.0 Å². The Morgan fingerprint density at radius 3 is 2.92 bits per heavy atom. The fourth-order valence-corrected chi connectivity index (χ4v) is 3.16. The molecule has 0 unspecified atom stereocenters. The Kier molecular flexibility index (Phi) is 6.34. The molecule has 3 heterocycles. The number of aromatic amines is 1. The highest BCUT2D eigenvalue weighted by Gasteiger charge is 2.14. The number of thioether (sulfide) groups is 1. The van der Waals surface area contributed by atoms with Gasteiger partial charge in [0.2, 0.25) is 0 Å². The number of hydrogen-bond acceptors (Lipinski definition) is 5.